The zero-order chi connectivity index (χ0) is 18.7. The van der Waals surface area contributed by atoms with Crippen LogP contribution in [-0.2, 0) is 9.47 Å². The van der Waals surface area contributed by atoms with Gasteiger partial charge in [-0.2, -0.15) is 0 Å². The summed E-state index contributed by atoms with van der Waals surface area (Å²) in [4.78, 5) is 0. The Labute approximate surface area is 152 Å². The van der Waals surface area contributed by atoms with Crippen LogP contribution in [0.5, 0.6) is 28.7 Å². The van der Waals surface area contributed by atoms with Gasteiger partial charge in [-0.15, -0.1) is 0 Å². The number of benzene rings is 2. The maximum atomic E-state index is 10.1. The Hall–Kier alpha value is -2.64. The van der Waals surface area contributed by atoms with Gasteiger partial charge in [0, 0.05) is 0 Å². The van der Waals surface area contributed by atoms with Crippen molar-refractivity contribution < 1.29 is 33.5 Å². The van der Waals surface area contributed by atoms with Crippen LogP contribution in [0.3, 0.4) is 0 Å². The first-order valence-corrected chi connectivity index (χ1v) is 8.03. The van der Waals surface area contributed by atoms with Gasteiger partial charge in [-0.3, -0.25) is 0 Å². The molecule has 7 heteroatoms. The van der Waals surface area contributed by atoms with E-state index in [1.165, 1.54) is 7.11 Å². The highest BCUT2D eigenvalue weighted by atomic mass is 16.7. The quantitative estimate of drug-likeness (QED) is 0.845. The molecule has 7 nitrogen and oxygen atoms in total. The Morgan fingerprint density at radius 1 is 0.769 bits per heavy atom. The third-order valence-electron chi connectivity index (χ3n) is 4.32. The minimum atomic E-state index is -0.394. The van der Waals surface area contributed by atoms with Crippen molar-refractivity contribution >= 4 is 0 Å². The molecule has 26 heavy (non-hydrogen) atoms. The van der Waals surface area contributed by atoms with Crippen molar-refractivity contribution in [2.24, 2.45) is 0 Å². The summed E-state index contributed by atoms with van der Waals surface area (Å²) in [7, 11) is 6.18. The second-order valence-electron chi connectivity index (χ2n) is 5.68. The first kappa shape index (κ1) is 18.2. The molecular weight excluding hydrogens is 340 g/mol. The molecule has 1 fully saturated rings. The van der Waals surface area contributed by atoms with E-state index in [1.807, 2.05) is 18.2 Å². The van der Waals surface area contributed by atoms with E-state index in [0.717, 1.165) is 11.1 Å². The van der Waals surface area contributed by atoms with Gasteiger partial charge in [0.2, 0.25) is 5.75 Å². The molecule has 0 radical (unpaired) electrons. The zero-order valence-corrected chi connectivity index (χ0v) is 15.1. The van der Waals surface area contributed by atoms with Crippen molar-refractivity contribution in [2.45, 2.75) is 12.2 Å². The molecule has 2 aromatic rings. The molecule has 1 saturated heterocycles. The van der Waals surface area contributed by atoms with Crippen molar-refractivity contribution in [1.82, 2.24) is 0 Å². The predicted molar refractivity (Wildman–Crippen MR) is 93.3 cm³/mol. The van der Waals surface area contributed by atoms with E-state index in [9.17, 15) is 5.11 Å². The molecule has 1 N–H and O–H groups in total. The van der Waals surface area contributed by atoms with E-state index in [2.05, 4.69) is 0 Å². The monoisotopic (exact) mass is 362 g/mol. The lowest BCUT2D eigenvalue weighted by atomic mass is 9.97. The first-order valence-electron chi connectivity index (χ1n) is 8.03. The molecule has 0 bridgehead atoms. The van der Waals surface area contributed by atoms with E-state index in [-0.39, 0.29) is 12.5 Å². The number of phenolic OH excluding ortho intramolecular Hbond substituents is 1. The summed E-state index contributed by atoms with van der Waals surface area (Å²) >= 11 is 0. The average molecular weight is 362 g/mol. The van der Waals surface area contributed by atoms with Crippen LogP contribution in [0.4, 0.5) is 0 Å². The van der Waals surface area contributed by atoms with Gasteiger partial charge in [-0.25, -0.2) is 0 Å². The number of hydrogen-bond donors (Lipinski definition) is 1. The van der Waals surface area contributed by atoms with Crippen LogP contribution >= 0.6 is 0 Å². The number of hydrogen-bond acceptors (Lipinski definition) is 7. The molecule has 1 aliphatic heterocycles. The lowest BCUT2D eigenvalue weighted by Gasteiger charge is -2.21. The molecule has 3 rings (SSSR count). The molecule has 0 aromatic heterocycles. The molecule has 2 aromatic carbocycles. The van der Waals surface area contributed by atoms with Gasteiger partial charge in [0.15, 0.2) is 23.0 Å². The van der Waals surface area contributed by atoms with Crippen LogP contribution in [0.25, 0.3) is 0 Å². The van der Waals surface area contributed by atoms with Crippen molar-refractivity contribution in [3.63, 3.8) is 0 Å². The fraction of sp³-hybridized carbons (Fsp3) is 0.368. The molecule has 1 aliphatic rings. The van der Waals surface area contributed by atoms with Gasteiger partial charge in [-0.1, -0.05) is 6.07 Å². The minimum absolute atomic E-state index is 0.0455. The van der Waals surface area contributed by atoms with E-state index in [4.69, 9.17) is 28.4 Å². The van der Waals surface area contributed by atoms with Crippen LogP contribution in [-0.4, -0.2) is 40.3 Å². The number of phenols is 1. The molecule has 140 valence electrons. The molecule has 0 saturated carbocycles. The summed E-state index contributed by atoms with van der Waals surface area (Å²) in [6.07, 6.45) is -0.786. The highest BCUT2D eigenvalue weighted by Gasteiger charge is 2.34. The summed E-state index contributed by atoms with van der Waals surface area (Å²) in [5, 5.41) is 10.1. The Kier molecular flexibility index (Phi) is 5.39. The van der Waals surface area contributed by atoms with Crippen LogP contribution in [0.15, 0.2) is 30.3 Å². The van der Waals surface area contributed by atoms with Crippen LogP contribution in [0.1, 0.15) is 23.3 Å². The number of aromatic hydroxyl groups is 1. The summed E-state index contributed by atoms with van der Waals surface area (Å²) in [5.74, 6) is 2.03. The van der Waals surface area contributed by atoms with Gasteiger partial charge in [0.25, 0.3) is 0 Å². The molecule has 1 heterocycles. The second-order valence-corrected chi connectivity index (χ2v) is 5.68. The third kappa shape index (κ3) is 3.23. The number of methoxy groups -OCH3 is 4. The van der Waals surface area contributed by atoms with Crippen LogP contribution in [0.2, 0.25) is 0 Å². The topological polar surface area (TPSA) is 75.6 Å². The van der Waals surface area contributed by atoms with E-state index in [1.54, 1.807) is 33.5 Å². The van der Waals surface area contributed by atoms with Crippen LogP contribution in [0, 0.1) is 0 Å². The lowest BCUT2D eigenvalue weighted by Crippen LogP contribution is -2.08. The highest BCUT2D eigenvalue weighted by molar-refractivity contribution is 5.54. The van der Waals surface area contributed by atoms with Crippen molar-refractivity contribution in [3.8, 4) is 28.7 Å². The normalized spacial score (nSPS) is 19.2. The summed E-state index contributed by atoms with van der Waals surface area (Å²) in [5.41, 5.74) is 1.59. The Balaban J connectivity index is 1.99. The lowest BCUT2D eigenvalue weighted by molar-refractivity contribution is 0.0381. The second kappa shape index (κ2) is 7.72. The molecule has 0 spiro atoms. The Bertz CT molecular complexity index is 749. The Morgan fingerprint density at radius 3 is 1.85 bits per heavy atom. The summed E-state index contributed by atoms with van der Waals surface area (Å²) in [6.45, 7) is 0.138. The average Bonchev–Trinajstić information content (AvgIpc) is 3.16. The Morgan fingerprint density at radius 2 is 1.35 bits per heavy atom. The molecule has 0 aliphatic carbocycles. The number of rotatable bonds is 6. The fourth-order valence-electron chi connectivity index (χ4n) is 3.05. The van der Waals surface area contributed by atoms with Crippen molar-refractivity contribution in [1.29, 1.82) is 0 Å². The molecule has 0 amide bonds. The van der Waals surface area contributed by atoms with Gasteiger partial charge in [0.1, 0.15) is 19.0 Å². The largest absolute Gasteiger partial charge is 0.504 e. The van der Waals surface area contributed by atoms with Gasteiger partial charge >= 0.3 is 0 Å². The molecular formula is C19H22O7. The zero-order valence-electron chi connectivity index (χ0n) is 15.1. The maximum absolute atomic E-state index is 10.1. The summed E-state index contributed by atoms with van der Waals surface area (Å²) < 4.78 is 32.8. The van der Waals surface area contributed by atoms with E-state index < -0.39 is 12.2 Å². The van der Waals surface area contributed by atoms with Crippen molar-refractivity contribution in [2.75, 3.05) is 35.2 Å². The van der Waals surface area contributed by atoms with E-state index in [0.29, 0.717) is 23.0 Å². The maximum Gasteiger partial charge on any atom is 0.203 e. The van der Waals surface area contributed by atoms with Gasteiger partial charge in [-0.05, 0) is 35.4 Å². The van der Waals surface area contributed by atoms with Crippen LogP contribution < -0.4 is 18.9 Å². The van der Waals surface area contributed by atoms with E-state index >= 15 is 0 Å². The minimum Gasteiger partial charge on any atom is -0.504 e. The predicted octanol–water partition coefficient (Wildman–Crippen LogP) is 3.21. The molecule has 0 unspecified atom stereocenters. The van der Waals surface area contributed by atoms with Gasteiger partial charge in [0.05, 0.1) is 28.4 Å². The smallest absolute Gasteiger partial charge is 0.203 e. The SMILES string of the molecule is COc1ccc([C@H]2OCO[C@@H]2c2cc(OC)c(OC)c(OC)c2)cc1O. The fourth-order valence-corrected chi connectivity index (χ4v) is 3.05. The third-order valence-corrected chi connectivity index (χ3v) is 4.32. The standard InChI is InChI=1S/C19H22O7/c1-21-14-6-5-11(7-13(14)20)17-18(26-10-25-17)12-8-15(22-2)19(24-4)16(9-12)23-3/h5-9,17-18,20H,10H2,1-4H3/t17-,18-/m1/s1. The summed E-state index contributed by atoms with van der Waals surface area (Å²) in [6, 6.07) is 8.80. The van der Waals surface area contributed by atoms with Crippen molar-refractivity contribution in [3.05, 3.63) is 41.5 Å². The highest BCUT2D eigenvalue weighted by Crippen LogP contribution is 2.46. The molecule has 2 atom stereocenters. The van der Waals surface area contributed by atoms with Gasteiger partial charge < -0.3 is 33.5 Å². The number of ether oxygens (including phenoxy) is 6. The first-order chi connectivity index (χ1) is 12.6.